The second-order valence-corrected chi connectivity index (χ2v) is 3.56. The molecule has 16 heavy (non-hydrogen) atoms. The number of aliphatic hydroxyl groups is 1. The van der Waals surface area contributed by atoms with E-state index in [4.69, 9.17) is 23.7 Å². The highest BCUT2D eigenvalue weighted by Crippen LogP contribution is 2.27. The molecule has 1 aliphatic rings. The third kappa shape index (κ3) is 2.53. The monoisotopic (exact) mass is 236 g/mol. The zero-order chi connectivity index (χ0) is 12.1. The van der Waals surface area contributed by atoms with Crippen LogP contribution in [-0.2, 0) is 23.7 Å². The van der Waals surface area contributed by atoms with Crippen LogP contribution in [0.4, 0.5) is 0 Å². The number of methoxy groups -OCH3 is 4. The van der Waals surface area contributed by atoms with Gasteiger partial charge in [-0.25, -0.2) is 0 Å². The molecule has 0 radical (unpaired) electrons. The summed E-state index contributed by atoms with van der Waals surface area (Å²) in [5.41, 5.74) is 0. The molecule has 0 aromatic rings. The quantitative estimate of drug-likeness (QED) is 0.687. The van der Waals surface area contributed by atoms with Crippen molar-refractivity contribution in [2.45, 2.75) is 30.7 Å². The molecule has 1 aliphatic heterocycles. The molecule has 0 spiro atoms. The lowest BCUT2D eigenvalue weighted by atomic mass is 9.98. The first kappa shape index (κ1) is 13.8. The highest BCUT2D eigenvalue weighted by atomic mass is 16.7. The average molecular weight is 236 g/mol. The summed E-state index contributed by atoms with van der Waals surface area (Å²) in [5, 5.41) is 9.22. The molecule has 0 saturated carbocycles. The van der Waals surface area contributed by atoms with Gasteiger partial charge in [-0.05, 0) is 0 Å². The number of rotatable bonds is 5. The van der Waals surface area contributed by atoms with E-state index in [9.17, 15) is 5.11 Å². The van der Waals surface area contributed by atoms with Gasteiger partial charge in [0.25, 0.3) is 0 Å². The lowest BCUT2D eigenvalue weighted by Gasteiger charge is -2.43. The average Bonchev–Trinajstić information content (AvgIpc) is 2.35. The Labute approximate surface area is 95.4 Å². The van der Waals surface area contributed by atoms with Crippen molar-refractivity contribution in [3.8, 4) is 0 Å². The van der Waals surface area contributed by atoms with E-state index >= 15 is 0 Å². The van der Waals surface area contributed by atoms with Crippen LogP contribution < -0.4 is 0 Å². The van der Waals surface area contributed by atoms with Gasteiger partial charge in [0.15, 0.2) is 6.29 Å². The number of hydrogen-bond acceptors (Lipinski definition) is 6. The molecule has 96 valence electrons. The molecule has 6 heteroatoms. The van der Waals surface area contributed by atoms with E-state index in [1.807, 2.05) is 0 Å². The first-order chi connectivity index (χ1) is 7.73. The molecule has 6 nitrogen and oxygen atoms in total. The van der Waals surface area contributed by atoms with Crippen molar-refractivity contribution in [2.24, 2.45) is 0 Å². The van der Waals surface area contributed by atoms with E-state index in [0.29, 0.717) is 0 Å². The van der Waals surface area contributed by atoms with Crippen LogP contribution in [-0.4, -0.2) is 70.9 Å². The van der Waals surface area contributed by atoms with Gasteiger partial charge >= 0.3 is 0 Å². The highest BCUT2D eigenvalue weighted by molar-refractivity contribution is 4.91. The Hall–Kier alpha value is -0.240. The van der Waals surface area contributed by atoms with Gasteiger partial charge in [-0.2, -0.15) is 0 Å². The van der Waals surface area contributed by atoms with Gasteiger partial charge in [0.1, 0.15) is 24.4 Å². The maximum Gasteiger partial charge on any atom is 0.186 e. The normalized spacial score (nSPS) is 39.9. The molecule has 1 rings (SSSR count). The van der Waals surface area contributed by atoms with Crippen molar-refractivity contribution < 1.29 is 28.8 Å². The summed E-state index contributed by atoms with van der Waals surface area (Å²) < 4.78 is 26.6. The Kier molecular flexibility index (Phi) is 5.60. The molecule has 0 aliphatic carbocycles. The zero-order valence-corrected chi connectivity index (χ0v) is 10.1. The summed E-state index contributed by atoms with van der Waals surface area (Å²) in [6.07, 6.45) is -2.16. The van der Waals surface area contributed by atoms with E-state index in [1.165, 1.54) is 7.11 Å². The van der Waals surface area contributed by atoms with E-state index in [0.717, 1.165) is 0 Å². The van der Waals surface area contributed by atoms with Crippen molar-refractivity contribution in [1.82, 2.24) is 0 Å². The SMILES string of the molecule is CO[C@H]1O[C@H](CO)[C@@H](OC)[C@H](OC)[C@@H]1OC. The van der Waals surface area contributed by atoms with Crippen molar-refractivity contribution in [1.29, 1.82) is 0 Å². The lowest BCUT2D eigenvalue weighted by Crippen LogP contribution is -2.60. The smallest absolute Gasteiger partial charge is 0.186 e. The van der Waals surface area contributed by atoms with Crippen molar-refractivity contribution >= 4 is 0 Å². The van der Waals surface area contributed by atoms with Crippen LogP contribution in [0.15, 0.2) is 0 Å². The predicted octanol–water partition coefficient (Wildman–Crippen LogP) is -0.605. The molecule has 0 amide bonds. The van der Waals surface area contributed by atoms with E-state index in [-0.39, 0.29) is 24.9 Å². The van der Waals surface area contributed by atoms with Crippen LogP contribution in [0.1, 0.15) is 0 Å². The van der Waals surface area contributed by atoms with Crippen molar-refractivity contribution in [3.63, 3.8) is 0 Å². The van der Waals surface area contributed by atoms with Gasteiger partial charge in [0, 0.05) is 28.4 Å². The number of hydrogen-bond donors (Lipinski definition) is 1. The van der Waals surface area contributed by atoms with Crippen LogP contribution in [0.2, 0.25) is 0 Å². The fraction of sp³-hybridized carbons (Fsp3) is 1.00. The summed E-state index contributed by atoms with van der Waals surface area (Å²) in [7, 11) is 6.18. The zero-order valence-electron chi connectivity index (χ0n) is 10.1. The van der Waals surface area contributed by atoms with Gasteiger partial charge in [0.2, 0.25) is 0 Å². The molecule has 0 aromatic carbocycles. The van der Waals surface area contributed by atoms with Crippen LogP contribution in [0.25, 0.3) is 0 Å². The molecular formula is C10H20O6. The van der Waals surface area contributed by atoms with Crippen molar-refractivity contribution in [3.05, 3.63) is 0 Å². The van der Waals surface area contributed by atoms with Crippen LogP contribution >= 0.6 is 0 Å². The molecule has 1 saturated heterocycles. The Morgan fingerprint density at radius 3 is 1.81 bits per heavy atom. The second kappa shape index (κ2) is 6.48. The second-order valence-electron chi connectivity index (χ2n) is 3.56. The standard InChI is InChI=1S/C10H20O6/c1-12-7-6(5-11)16-10(15-4)9(14-3)8(7)13-2/h6-11H,5H2,1-4H3/t6-,7-,8+,9+,10+/m1/s1. The molecule has 0 aromatic heterocycles. The topological polar surface area (TPSA) is 66.4 Å². The third-order valence-electron chi connectivity index (χ3n) is 2.82. The molecule has 1 heterocycles. The predicted molar refractivity (Wildman–Crippen MR) is 55.1 cm³/mol. The highest BCUT2D eigenvalue weighted by Gasteiger charge is 2.46. The van der Waals surface area contributed by atoms with Crippen LogP contribution in [0.5, 0.6) is 0 Å². The molecule has 1 N–H and O–H groups in total. The maximum absolute atomic E-state index is 9.22. The minimum Gasteiger partial charge on any atom is -0.394 e. The fourth-order valence-electron chi connectivity index (χ4n) is 2.02. The Balaban J connectivity index is 2.85. The minimum atomic E-state index is -0.571. The third-order valence-corrected chi connectivity index (χ3v) is 2.82. The van der Waals surface area contributed by atoms with E-state index in [2.05, 4.69) is 0 Å². The Bertz CT molecular complexity index is 182. The van der Waals surface area contributed by atoms with Crippen molar-refractivity contribution in [2.75, 3.05) is 35.0 Å². The largest absolute Gasteiger partial charge is 0.394 e. The van der Waals surface area contributed by atoms with E-state index in [1.54, 1.807) is 21.3 Å². The minimum absolute atomic E-state index is 0.158. The summed E-state index contributed by atoms with van der Waals surface area (Å²) in [6.45, 7) is -0.158. The lowest BCUT2D eigenvalue weighted by molar-refractivity contribution is -0.306. The molecule has 0 bridgehead atoms. The summed E-state index contributed by atoms with van der Waals surface area (Å²) in [5.74, 6) is 0. The van der Waals surface area contributed by atoms with Gasteiger partial charge in [-0.1, -0.05) is 0 Å². The first-order valence-electron chi connectivity index (χ1n) is 5.11. The Morgan fingerprint density at radius 1 is 0.875 bits per heavy atom. The van der Waals surface area contributed by atoms with Gasteiger partial charge in [-0.3, -0.25) is 0 Å². The van der Waals surface area contributed by atoms with E-state index < -0.39 is 12.4 Å². The van der Waals surface area contributed by atoms with Crippen LogP contribution in [0, 0.1) is 0 Å². The Morgan fingerprint density at radius 2 is 1.44 bits per heavy atom. The molecule has 1 fully saturated rings. The first-order valence-corrected chi connectivity index (χ1v) is 5.11. The summed E-state index contributed by atoms with van der Waals surface area (Å²) in [6, 6.07) is 0. The summed E-state index contributed by atoms with van der Waals surface area (Å²) in [4.78, 5) is 0. The van der Waals surface area contributed by atoms with Gasteiger partial charge in [-0.15, -0.1) is 0 Å². The molecular weight excluding hydrogens is 216 g/mol. The van der Waals surface area contributed by atoms with Gasteiger partial charge < -0.3 is 28.8 Å². The molecule has 5 atom stereocenters. The number of ether oxygens (including phenoxy) is 5. The maximum atomic E-state index is 9.22. The number of aliphatic hydroxyl groups excluding tert-OH is 1. The fourth-order valence-corrected chi connectivity index (χ4v) is 2.02. The summed E-state index contributed by atoms with van der Waals surface area (Å²) >= 11 is 0. The van der Waals surface area contributed by atoms with Crippen LogP contribution in [0.3, 0.4) is 0 Å². The molecule has 0 unspecified atom stereocenters. The van der Waals surface area contributed by atoms with Gasteiger partial charge in [0.05, 0.1) is 6.61 Å².